The number of hydrogen-bond donors (Lipinski definition) is 2. The normalized spacial score (nSPS) is 10.5. The molecule has 0 aliphatic rings. The maximum Gasteiger partial charge on any atom is 0.137 e. The zero-order chi connectivity index (χ0) is 10.1. The molecule has 2 rings (SSSR count). The van der Waals surface area contributed by atoms with E-state index in [2.05, 4.69) is 10.4 Å². The van der Waals surface area contributed by atoms with Gasteiger partial charge < -0.3 is 5.43 Å². The third-order valence-electron chi connectivity index (χ3n) is 1.91. The molecular formula is C9H7F2N3. The molecule has 1 aromatic carbocycles. The van der Waals surface area contributed by atoms with Gasteiger partial charge in [-0.25, -0.2) is 8.78 Å². The number of benzene rings is 1. The summed E-state index contributed by atoms with van der Waals surface area (Å²) in [6.45, 7) is 0. The van der Waals surface area contributed by atoms with Crippen molar-refractivity contribution in [2.24, 2.45) is 5.84 Å². The van der Waals surface area contributed by atoms with Gasteiger partial charge in [-0.3, -0.25) is 10.8 Å². The van der Waals surface area contributed by atoms with Gasteiger partial charge in [0.1, 0.15) is 11.6 Å². The van der Waals surface area contributed by atoms with Crippen molar-refractivity contribution in [2.45, 2.75) is 0 Å². The van der Waals surface area contributed by atoms with Crippen LogP contribution in [0.2, 0.25) is 0 Å². The number of hydrogen-bond acceptors (Lipinski definition) is 3. The first-order chi connectivity index (χ1) is 6.72. The van der Waals surface area contributed by atoms with Gasteiger partial charge in [-0.15, -0.1) is 0 Å². The molecule has 0 spiro atoms. The van der Waals surface area contributed by atoms with Crippen molar-refractivity contribution < 1.29 is 8.78 Å². The van der Waals surface area contributed by atoms with Crippen molar-refractivity contribution in [3.63, 3.8) is 0 Å². The number of nitrogens with two attached hydrogens (primary N) is 1. The second-order valence-electron chi connectivity index (χ2n) is 2.78. The van der Waals surface area contributed by atoms with Crippen LogP contribution in [0.15, 0.2) is 24.4 Å². The number of nitrogen functional groups attached to an aromatic ring is 1. The summed E-state index contributed by atoms with van der Waals surface area (Å²) in [6.07, 6.45) is 1.43. The molecule has 1 aromatic heterocycles. The number of halogens is 2. The first-order valence-electron chi connectivity index (χ1n) is 3.93. The van der Waals surface area contributed by atoms with Crippen LogP contribution in [0.4, 0.5) is 14.5 Å². The molecule has 0 saturated carbocycles. The van der Waals surface area contributed by atoms with E-state index < -0.39 is 11.6 Å². The number of fused-ring (bicyclic) bond motifs is 1. The third kappa shape index (κ3) is 1.27. The number of anilines is 1. The highest BCUT2D eigenvalue weighted by Crippen LogP contribution is 2.24. The first kappa shape index (κ1) is 8.83. The molecule has 2 aromatic rings. The summed E-state index contributed by atoms with van der Waals surface area (Å²) in [7, 11) is 0. The molecule has 0 radical (unpaired) electrons. The predicted molar refractivity (Wildman–Crippen MR) is 49.5 cm³/mol. The van der Waals surface area contributed by atoms with E-state index in [0.29, 0.717) is 5.69 Å². The van der Waals surface area contributed by atoms with Crippen molar-refractivity contribution in [3.05, 3.63) is 36.0 Å². The molecule has 0 amide bonds. The van der Waals surface area contributed by atoms with Crippen LogP contribution in [0, 0.1) is 11.6 Å². The molecule has 0 unspecified atom stereocenters. The van der Waals surface area contributed by atoms with Gasteiger partial charge in [-0.1, -0.05) is 0 Å². The van der Waals surface area contributed by atoms with Gasteiger partial charge in [0.15, 0.2) is 0 Å². The maximum absolute atomic E-state index is 13.3. The molecule has 0 fully saturated rings. The number of nitrogens with one attached hydrogen (secondary N) is 1. The number of nitrogens with zero attached hydrogens (tertiary/aromatic N) is 1. The molecule has 0 bridgehead atoms. The molecule has 0 atom stereocenters. The highest BCUT2D eigenvalue weighted by Gasteiger charge is 2.08. The Labute approximate surface area is 78.5 Å². The van der Waals surface area contributed by atoms with Gasteiger partial charge in [0.05, 0.1) is 16.6 Å². The number of hydrazine groups is 1. The standard InChI is InChI=1S/C9H7F2N3/c10-5-3-6(11)9-7(14-12)1-2-13-8(9)4-5/h1-4H,12H2,(H,13,14). The van der Waals surface area contributed by atoms with Gasteiger partial charge in [0.2, 0.25) is 0 Å². The summed E-state index contributed by atoms with van der Waals surface area (Å²) < 4.78 is 26.1. The maximum atomic E-state index is 13.3. The number of aromatic nitrogens is 1. The molecule has 1 heterocycles. The van der Waals surface area contributed by atoms with Crippen LogP contribution in [0.5, 0.6) is 0 Å². The average Bonchev–Trinajstić information content (AvgIpc) is 2.16. The molecule has 14 heavy (non-hydrogen) atoms. The predicted octanol–water partition coefficient (Wildman–Crippen LogP) is 1.80. The van der Waals surface area contributed by atoms with E-state index in [1.807, 2.05) is 0 Å². The molecule has 0 aliphatic heterocycles. The van der Waals surface area contributed by atoms with Crippen LogP contribution in [-0.2, 0) is 0 Å². The lowest BCUT2D eigenvalue weighted by molar-refractivity contribution is 0.591. The Bertz CT molecular complexity index is 485. The Morgan fingerprint density at radius 1 is 1.29 bits per heavy atom. The summed E-state index contributed by atoms with van der Waals surface area (Å²) in [5.74, 6) is 3.85. The fourth-order valence-corrected chi connectivity index (χ4v) is 1.32. The smallest absolute Gasteiger partial charge is 0.137 e. The third-order valence-corrected chi connectivity index (χ3v) is 1.91. The average molecular weight is 195 g/mol. The van der Waals surface area contributed by atoms with Gasteiger partial charge in [0, 0.05) is 18.3 Å². The minimum absolute atomic E-state index is 0.191. The van der Waals surface area contributed by atoms with Crippen LogP contribution in [0.25, 0.3) is 10.9 Å². The Balaban J connectivity index is 2.87. The molecule has 0 saturated heterocycles. The second-order valence-corrected chi connectivity index (χ2v) is 2.78. The molecule has 3 nitrogen and oxygen atoms in total. The van der Waals surface area contributed by atoms with E-state index in [4.69, 9.17) is 5.84 Å². The highest BCUT2D eigenvalue weighted by atomic mass is 19.1. The van der Waals surface area contributed by atoms with E-state index >= 15 is 0 Å². The highest BCUT2D eigenvalue weighted by molar-refractivity contribution is 5.91. The SMILES string of the molecule is NNc1ccnc2cc(F)cc(F)c12. The Morgan fingerprint density at radius 3 is 2.79 bits per heavy atom. The summed E-state index contributed by atoms with van der Waals surface area (Å²) in [4.78, 5) is 3.84. The Morgan fingerprint density at radius 2 is 2.07 bits per heavy atom. The van der Waals surface area contributed by atoms with Crippen LogP contribution < -0.4 is 11.3 Å². The lowest BCUT2D eigenvalue weighted by Crippen LogP contribution is -2.08. The van der Waals surface area contributed by atoms with E-state index in [1.165, 1.54) is 12.3 Å². The quantitative estimate of drug-likeness (QED) is 0.538. The lowest BCUT2D eigenvalue weighted by atomic mass is 10.2. The van der Waals surface area contributed by atoms with Crippen LogP contribution >= 0.6 is 0 Å². The van der Waals surface area contributed by atoms with Crippen molar-refractivity contribution >= 4 is 16.6 Å². The molecule has 72 valence electrons. The van der Waals surface area contributed by atoms with E-state index in [-0.39, 0.29) is 10.9 Å². The molecule has 5 heteroatoms. The van der Waals surface area contributed by atoms with Crippen molar-refractivity contribution in [3.8, 4) is 0 Å². The first-order valence-corrected chi connectivity index (χ1v) is 3.93. The monoisotopic (exact) mass is 195 g/mol. The van der Waals surface area contributed by atoms with E-state index in [9.17, 15) is 8.78 Å². The zero-order valence-corrected chi connectivity index (χ0v) is 7.09. The van der Waals surface area contributed by atoms with Gasteiger partial charge >= 0.3 is 0 Å². The molecule has 0 aliphatic carbocycles. The van der Waals surface area contributed by atoms with Crippen LogP contribution in [0.3, 0.4) is 0 Å². The van der Waals surface area contributed by atoms with Crippen LogP contribution in [-0.4, -0.2) is 4.98 Å². The summed E-state index contributed by atoms with van der Waals surface area (Å²) in [5.41, 5.74) is 2.94. The fourth-order valence-electron chi connectivity index (χ4n) is 1.32. The number of pyridine rings is 1. The van der Waals surface area contributed by atoms with Gasteiger partial charge in [-0.05, 0) is 6.07 Å². The molecular weight excluding hydrogens is 188 g/mol. The summed E-state index contributed by atoms with van der Waals surface area (Å²) >= 11 is 0. The minimum atomic E-state index is -0.680. The summed E-state index contributed by atoms with van der Waals surface area (Å²) in [6, 6.07) is 3.47. The molecule has 3 N–H and O–H groups in total. The van der Waals surface area contributed by atoms with Crippen molar-refractivity contribution in [1.82, 2.24) is 4.98 Å². The minimum Gasteiger partial charge on any atom is -0.323 e. The van der Waals surface area contributed by atoms with Gasteiger partial charge in [0.25, 0.3) is 0 Å². The summed E-state index contributed by atoms with van der Waals surface area (Å²) in [5, 5.41) is 0.191. The zero-order valence-electron chi connectivity index (χ0n) is 7.09. The lowest BCUT2D eigenvalue weighted by Gasteiger charge is -2.05. The van der Waals surface area contributed by atoms with Gasteiger partial charge in [-0.2, -0.15) is 0 Å². The topological polar surface area (TPSA) is 50.9 Å². The second kappa shape index (κ2) is 3.19. The number of rotatable bonds is 1. The van der Waals surface area contributed by atoms with Crippen molar-refractivity contribution in [1.29, 1.82) is 0 Å². The largest absolute Gasteiger partial charge is 0.323 e. The fraction of sp³-hybridized carbons (Fsp3) is 0. The van der Waals surface area contributed by atoms with E-state index in [1.54, 1.807) is 0 Å². The van der Waals surface area contributed by atoms with Crippen molar-refractivity contribution in [2.75, 3.05) is 5.43 Å². The van der Waals surface area contributed by atoms with E-state index in [0.717, 1.165) is 12.1 Å². The van der Waals surface area contributed by atoms with Crippen LogP contribution in [0.1, 0.15) is 0 Å². The Hall–Kier alpha value is -1.75. The Kier molecular flexibility index (Phi) is 2.01.